The van der Waals surface area contributed by atoms with Crippen LogP contribution >= 0.6 is 0 Å². The van der Waals surface area contributed by atoms with Crippen LogP contribution < -0.4 is 9.62 Å². The zero-order valence-corrected chi connectivity index (χ0v) is 17.5. The average molecular weight is 428 g/mol. The Labute approximate surface area is 175 Å². The fraction of sp³-hybridized carbons (Fsp3) is 0.227. The number of para-hydroxylation sites is 1. The number of nitrogens with zero attached hydrogens (tertiary/aromatic N) is 2. The number of rotatable bonds is 4. The van der Waals surface area contributed by atoms with E-state index in [0.29, 0.717) is 41.3 Å². The first-order valence-corrected chi connectivity index (χ1v) is 11.2. The Bertz CT molecular complexity index is 1220. The average Bonchev–Trinajstić information content (AvgIpc) is 3.21. The Morgan fingerprint density at radius 1 is 1.07 bits per heavy atom. The maximum absolute atomic E-state index is 14.2. The van der Waals surface area contributed by atoms with E-state index in [1.54, 1.807) is 60.0 Å². The van der Waals surface area contributed by atoms with Crippen LogP contribution in [-0.4, -0.2) is 31.2 Å². The summed E-state index contributed by atoms with van der Waals surface area (Å²) in [6.07, 6.45) is 0.610. The van der Waals surface area contributed by atoms with Crippen molar-refractivity contribution >= 4 is 27.3 Å². The van der Waals surface area contributed by atoms with Crippen molar-refractivity contribution in [2.75, 3.05) is 21.9 Å². The van der Waals surface area contributed by atoms with Gasteiger partial charge in [0.1, 0.15) is 5.82 Å². The van der Waals surface area contributed by atoms with Crippen molar-refractivity contribution in [1.82, 2.24) is 4.57 Å². The summed E-state index contributed by atoms with van der Waals surface area (Å²) in [4.78, 5) is 12.8. The monoisotopic (exact) mass is 427 g/mol. The maximum atomic E-state index is 14.2. The first-order chi connectivity index (χ1) is 14.3. The summed E-state index contributed by atoms with van der Waals surface area (Å²) < 4.78 is 41.4. The molecule has 1 aromatic heterocycles. The molecule has 1 amide bonds. The lowest BCUT2D eigenvalue weighted by atomic mass is 10.2. The quantitative estimate of drug-likeness (QED) is 0.684. The summed E-state index contributed by atoms with van der Waals surface area (Å²) in [7, 11) is -3.24. The van der Waals surface area contributed by atoms with Gasteiger partial charge in [0, 0.05) is 23.6 Å². The number of hydrogen-bond donors (Lipinski definition) is 1. The first-order valence-electron chi connectivity index (χ1n) is 9.63. The molecule has 1 aliphatic heterocycles. The Morgan fingerprint density at radius 2 is 1.77 bits per heavy atom. The van der Waals surface area contributed by atoms with Crippen LogP contribution in [0.2, 0.25) is 0 Å². The normalized spacial score (nSPS) is 15.4. The molecule has 0 radical (unpaired) electrons. The number of aromatic nitrogens is 1. The number of carbonyl (C=O) groups excluding carboxylic acids is 1. The Kier molecular flexibility index (Phi) is 5.11. The van der Waals surface area contributed by atoms with E-state index in [2.05, 4.69) is 5.32 Å². The SMILES string of the molecule is Cc1cc(C(=O)Nc2ccc(N3CCCS3(=O)=O)cc2)c(C)n1-c1ccccc1F. The molecule has 0 atom stereocenters. The maximum Gasteiger partial charge on any atom is 0.257 e. The molecule has 6 nitrogen and oxygen atoms in total. The second-order valence-corrected chi connectivity index (χ2v) is 9.33. The summed E-state index contributed by atoms with van der Waals surface area (Å²) in [5.41, 5.74) is 3.36. The van der Waals surface area contributed by atoms with Crippen LogP contribution in [0.4, 0.5) is 15.8 Å². The van der Waals surface area contributed by atoms with Gasteiger partial charge in [0.15, 0.2) is 0 Å². The van der Waals surface area contributed by atoms with Crippen molar-refractivity contribution in [3.05, 3.63) is 77.4 Å². The van der Waals surface area contributed by atoms with Crippen LogP contribution in [0.25, 0.3) is 5.69 Å². The summed E-state index contributed by atoms with van der Waals surface area (Å²) in [6, 6.07) is 14.9. The molecular weight excluding hydrogens is 405 g/mol. The smallest absolute Gasteiger partial charge is 0.257 e. The molecule has 2 aromatic carbocycles. The van der Waals surface area contributed by atoms with Crippen molar-refractivity contribution < 1.29 is 17.6 Å². The van der Waals surface area contributed by atoms with Crippen molar-refractivity contribution in [3.8, 4) is 5.69 Å². The molecule has 1 fully saturated rings. The molecule has 1 saturated heterocycles. The van der Waals surface area contributed by atoms with Crippen LogP contribution in [0.3, 0.4) is 0 Å². The summed E-state index contributed by atoms with van der Waals surface area (Å²) in [6.45, 7) is 4.06. The number of nitrogens with one attached hydrogen (secondary N) is 1. The third kappa shape index (κ3) is 3.59. The van der Waals surface area contributed by atoms with Gasteiger partial charge in [-0.1, -0.05) is 12.1 Å². The molecule has 0 saturated carbocycles. The van der Waals surface area contributed by atoms with Crippen molar-refractivity contribution in [2.24, 2.45) is 0 Å². The molecule has 3 aromatic rings. The van der Waals surface area contributed by atoms with Gasteiger partial charge in [0.25, 0.3) is 5.91 Å². The molecule has 30 heavy (non-hydrogen) atoms. The third-order valence-corrected chi connectivity index (χ3v) is 7.15. The highest BCUT2D eigenvalue weighted by Gasteiger charge is 2.28. The van der Waals surface area contributed by atoms with E-state index in [1.807, 2.05) is 6.92 Å². The fourth-order valence-corrected chi connectivity index (χ4v) is 5.40. The van der Waals surface area contributed by atoms with Gasteiger partial charge in [0.2, 0.25) is 10.0 Å². The number of halogens is 1. The molecule has 8 heteroatoms. The zero-order valence-electron chi connectivity index (χ0n) is 16.7. The highest BCUT2D eigenvalue weighted by atomic mass is 32.2. The van der Waals surface area contributed by atoms with Gasteiger partial charge >= 0.3 is 0 Å². The van der Waals surface area contributed by atoms with Gasteiger partial charge < -0.3 is 9.88 Å². The van der Waals surface area contributed by atoms with Crippen molar-refractivity contribution in [3.63, 3.8) is 0 Å². The minimum absolute atomic E-state index is 0.156. The number of hydrogen-bond acceptors (Lipinski definition) is 3. The molecular formula is C22H22FN3O3S. The summed E-state index contributed by atoms with van der Waals surface area (Å²) in [5.74, 6) is -0.519. The largest absolute Gasteiger partial charge is 0.322 e. The van der Waals surface area contributed by atoms with Gasteiger partial charge in [-0.05, 0) is 62.7 Å². The molecule has 2 heterocycles. The number of carbonyl (C=O) groups is 1. The Morgan fingerprint density at radius 3 is 2.40 bits per heavy atom. The molecule has 0 spiro atoms. The lowest BCUT2D eigenvalue weighted by Crippen LogP contribution is -2.25. The molecule has 4 rings (SSSR count). The lowest BCUT2D eigenvalue weighted by molar-refractivity contribution is 0.102. The van der Waals surface area contributed by atoms with Crippen LogP contribution in [0.5, 0.6) is 0 Å². The predicted molar refractivity (Wildman–Crippen MR) is 115 cm³/mol. The zero-order chi connectivity index (χ0) is 21.5. The van der Waals surface area contributed by atoms with Crippen molar-refractivity contribution in [1.29, 1.82) is 0 Å². The Balaban J connectivity index is 1.56. The highest BCUT2D eigenvalue weighted by Crippen LogP contribution is 2.27. The molecule has 0 aliphatic carbocycles. The van der Waals surface area contributed by atoms with Gasteiger partial charge in [-0.3, -0.25) is 9.10 Å². The number of aryl methyl sites for hydroxylation is 1. The van der Waals surface area contributed by atoms with E-state index >= 15 is 0 Å². The van der Waals surface area contributed by atoms with Crippen molar-refractivity contribution in [2.45, 2.75) is 20.3 Å². The minimum atomic E-state index is -3.24. The van der Waals surface area contributed by atoms with E-state index < -0.39 is 10.0 Å². The standard InChI is InChI=1S/C22H22FN3O3S/c1-15-14-19(16(2)26(15)21-7-4-3-6-20(21)23)22(27)24-17-8-10-18(11-9-17)25-12-5-13-30(25,28)29/h3-4,6-11,14H,5,12-13H2,1-2H3,(H,24,27). The van der Waals surface area contributed by atoms with E-state index in [1.165, 1.54) is 10.4 Å². The topological polar surface area (TPSA) is 71.4 Å². The summed E-state index contributed by atoms with van der Waals surface area (Å²) >= 11 is 0. The second-order valence-electron chi connectivity index (χ2n) is 7.31. The third-order valence-electron chi connectivity index (χ3n) is 5.28. The number of benzene rings is 2. The van der Waals surface area contributed by atoms with E-state index in [9.17, 15) is 17.6 Å². The van der Waals surface area contributed by atoms with Gasteiger partial charge in [-0.2, -0.15) is 0 Å². The highest BCUT2D eigenvalue weighted by molar-refractivity contribution is 7.93. The number of amides is 1. The molecule has 156 valence electrons. The molecule has 1 aliphatic rings. The molecule has 1 N–H and O–H groups in total. The predicted octanol–water partition coefficient (Wildman–Crippen LogP) is 4.03. The number of sulfonamides is 1. The van der Waals surface area contributed by atoms with Crippen LogP contribution in [0.1, 0.15) is 28.2 Å². The van der Waals surface area contributed by atoms with Crippen LogP contribution in [-0.2, 0) is 10.0 Å². The minimum Gasteiger partial charge on any atom is -0.322 e. The van der Waals surface area contributed by atoms with Gasteiger partial charge in [0.05, 0.1) is 22.7 Å². The lowest BCUT2D eigenvalue weighted by Gasteiger charge is -2.17. The van der Waals surface area contributed by atoms with E-state index in [0.717, 1.165) is 5.69 Å². The van der Waals surface area contributed by atoms with Gasteiger partial charge in [-0.15, -0.1) is 0 Å². The van der Waals surface area contributed by atoms with Crippen LogP contribution in [0, 0.1) is 19.7 Å². The fourth-order valence-electron chi connectivity index (χ4n) is 3.84. The number of anilines is 2. The first kappa shape index (κ1) is 20.2. The Hall–Kier alpha value is -3.13. The van der Waals surface area contributed by atoms with E-state index in [4.69, 9.17) is 0 Å². The molecule has 0 bridgehead atoms. The summed E-state index contributed by atoms with van der Waals surface area (Å²) in [5, 5.41) is 2.83. The second kappa shape index (κ2) is 7.60. The van der Waals surface area contributed by atoms with E-state index in [-0.39, 0.29) is 17.5 Å². The van der Waals surface area contributed by atoms with Crippen LogP contribution in [0.15, 0.2) is 54.6 Å². The van der Waals surface area contributed by atoms with Gasteiger partial charge in [-0.25, -0.2) is 12.8 Å². The molecule has 0 unspecified atom stereocenters.